The van der Waals surface area contributed by atoms with Crippen molar-refractivity contribution < 1.29 is 25.9 Å². The van der Waals surface area contributed by atoms with Gasteiger partial charge in [0, 0.05) is 38.0 Å². The Hall–Kier alpha value is -5.08. The van der Waals surface area contributed by atoms with Gasteiger partial charge in [-0.05, 0) is 48.5 Å². The molecule has 0 atom stereocenters. The lowest BCUT2D eigenvalue weighted by Crippen LogP contribution is -1.98. The molecule has 6 aromatic carbocycles. The summed E-state index contributed by atoms with van der Waals surface area (Å²) >= 11 is 0. The average molecular weight is 612 g/mol. The van der Waals surface area contributed by atoms with Gasteiger partial charge in [0.25, 0.3) is 20.2 Å². The van der Waals surface area contributed by atoms with Gasteiger partial charge in [0.1, 0.15) is 4.90 Å². The fraction of sp³-hybridized carbons (Fsp3) is 0. The zero-order valence-corrected chi connectivity index (χ0v) is 23.7. The van der Waals surface area contributed by atoms with Crippen molar-refractivity contribution in [1.29, 1.82) is 0 Å². The number of rotatable bonds is 6. The SMILES string of the molecule is Nc1ccc(N=Nc2ccc(N=Nc3ccc(S(=O)(=O)O)c4ccccc34)c3ccc(S(=O)(=O)O)cc23)c2ccccc12. The van der Waals surface area contributed by atoms with Gasteiger partial charge in [-0.3, -0.25) is 9.11 Å². The molecule has 0 bridgehead atoms. The van der Waals surface area contributed by atoms with Gasteiger partial charge in [-0.15, -0.1) is 20.5 Å². The van der Waals surface area contributed by atoms with Gasteiger partial charge in [-0.25, -0.2) is 0 Å². The van der Waals surface area contributed by atoms with Crippen LogP contribution in [0, 0.1) is 0 Å². The number of fused-ring (bicyclic) bond motifs is 3. The Morgan fingerprint density at radius 3 is 1.47 bits per heavy atom. The third kappa shape index (κ3) is 5.45. The molecule has 0 amide bonds. The van der Waals surface area contributed by atoms with E-state index in [1.165, 1.54) is 30.3 Å². The van der Waals surface area contributed by atoms with Crippen molar-refractivity contribution in [2.45, 2.75) is 9.79 Å². The first-order chi connectivity index (χ1) is 20.5. The van der Waals surface area contributed by atoms with Crippen LogP contribution in [0.5, 0.6) is 0 Å². The van der Waals surface area contributed by atoms with E-state index in [2.05, 4.69) is 20.5 Å². The Kier molecular flexibility index (Phi) is 6.94. The number of anilines is 1. The quantitative estimate of drug-likeness (QED) is 0.0965. The minimum atomic E-state index is -4.53. The molecule has 0 heterocycles. The van der Waals surface area contributed by atoms with Gasteiger partial charge >= 0.3 is 0 Å². The fourth-order valence-electron chi connectivity index (χ4n) is 4.81. The number of nitrogens with two attached hydrogens (primary N) is 1. The largest absolute Gasteiger partial charge is 0.398 e. The second-order valence-corrected chi connectivity index (χ2v) is 12.3. The summed E-state index contributed by atoms with van der Waals surface area (Å²) in [5.74, 6) is 0. The second-order valence-electron chi connectivity index (χ2n) is 9.51. The summed E-state index contributed by atoms with van der Waals surface area (Å²) in [6, 6.07) is 27.3. The van der Waals surface area contributed by atoms with Crippen molar-refractivity contribution in [2.75, 3.05) is 5.73 Å². The first-order valence-corrected chi connectivity index (χ1v) is 15.5. The zero-order valence-electron chi connectivity index (χ0n) is 22.0. The van der Waals surface area contributed by atoms with E-state index in [1.54, 1.807) is 48.5 Å². The van der Waals surface area contributed by atoms with E-state index in [0.29, 0.717) is 44.6 Å². The molecule has 0 saturated heterocycles. The molecule has 0 spiro atoms. The number of hydrogen-bond donors (Lipinski definition) is 3. The maximum atomic E-state index is 12.0. The molecule has 0 aliphatic rings. The van der Waals surface area contributed by atoms with Crippen LogP contribution in [0.25, 0.3) is 32.3 Å². The van der Waals surface area contributed by atoms with Gasteiger partial charge in [-0.1, -0.05) is 54.6 Å². The summed E-state index contributed by atoms with van der Waals surface area (Å²) in [5, 5.41) is 20.6. The maximum absolute atomic E-state index is 12.0. The topological polar surface area (TPSA) is 184 Å². The molecule has 13 heteroatoms. The molecule has 4 N–H and O–H groups in total. The lowest BCUT2D eigenvalue weighted by Gasteiger charge is -2.08. The molecule has 6 rings (SSSR count). The Balaban J connectivity index is 1.48. The third-order valence-corrected chi connectivity index (χ3v) is 8.61. The Labute approximate surface area is 245 Å². The maximum Gasteiger partial charge on any atom is 0.295 e. The summed E-state index contributed by atoms with van der Waals surface area (Å²) in [7, 11) is -9.00. The molecule has 11 nitrogen and oxygen atoms in total. The molecule has 6 aromatic rings. The Morgan fingerprint density at radius 2 is 0.907 bits per heavy atom. The molecule has 0 saturated carbocycles. The summed E-state index contributed by atoms with van der Waals surface area (Å²) < 4.78 is 66.9. The number of nitrogen functional groups attached to an aromatic ring is 1. The average Bonchev–Trinajstić information content (AvgIpc) is 2.98. The highest BCUT2D eigenvalue weighted by Gasteiger charge is 2.17. The number of nitrogens with zero attached hydrogens (tertiary/aromatic N) is 4. The molecular weight excluding hydrogens is 590 g/mol. The van der Waals surface area contributed by atoms with Crippen molar-refractivity contribution in [3.63, 3.8) is 0 Å². The molecule has 214 valence electrons. The van der Waals surface area contributed by atoms with E-state index < -0.39 is 20.2 Å². The summed E-state index contributed by atoms with van der Waals surface area (Å²) in [4.78, 5) is -0.593. The van der Waals surface area contributed by atoms with Crippen LogP contribution < -0.4 is 5.73 Å². The first-order valence-electron chi connectivity index (χ1n) is 12.6. The van der Waals surface area contributed by atoms with E-state index in [4.69, 9.17) is 5.73 Å². The van der Waals surface area contributed by atoms with Gasteiger partial charge in [0.15, 0.2) is 0 Å². The van der Waals surface area contributed by atoms with E-state index >= 15 is 0 Å². The van der Waals surface area contributed by atoms with Crippen LogP contribution in [-0.4, -0.2) is 25.9 Å². The van der Waals surface area contributed by atoms with Crippen LogP contribution in [-0.2, 0) is 20.2 Å². The summed E-state index contributed by atoms with van der Waals surface area (Å²) in [6.07, 6.45) is 0. The fourth-order valence-corrected chi connectivity index (χ4v) is 6.01. The minimum absolute atomic E-state index is 0.256. The van der Waals surface area contributed by atoms with Gasteiger partial charge in [0.05, 0.1) is 27.6 Å². The van der Waals surface area contributed by atoms with Crippen molar-refractivity contribution in [3.05, 3.63) is 103 Å². The van der Waals surface area contributed by atoms with Crippen LogP contribution in [0.1, 0.15) is 0 Å². The molecule has 0 radical (unpaired) electrons. The number of hydrogen-bond acceptors (Lipinski definition) is 9. The van der Waals surface area contributed by atoms with E-state index in [-0.39, 0.29) is 15.2 Å². The molecule has 43 heavy (non-hydrogen) atoms. The summed E-state index contributed by atoms with van der Waals surface area (Å²) in [6.45, 7) is 0. The molecular formula is C30H21N5O6S2. The van der Waals surface area contributed by atoms with E-state index in [9.17, 15) is 25.9 Å². The van der Waals surface area contributed by atoms with Crippen LogP contribution in [0.2, 0.25) is 0 Å². The Bertz CT molecular complexity index is 2370. The zero-order chi connectivity index (χ0) is 30.4. The van der Waals surface area contributed by atoms with Crippen LogP contribution >= 0.6 is 0 Å². The molecule has 0 fully saturated rings. The lowest BCUT2D eigenvalue weighted by atomic mass is 10.1. The van der Waals surface area contributed by atoms with Crippen molar-refractivity contribution in [2.24, 2.45) is 20.5 Å². The Morgan fingerprint density at radius 1 is 0.465 bits per heavy atom. The third-order valence-electron chi connectivity index (χ3n) is 6.84. The van der Waals surface area contributed by atoms with Crippen LogP contribution in [0.3, 0.4) is 0 Å². The van der Waals surface area contributed by atoms with Crippen LogP contribution in [0.4, 0.5) is 28.4 Å². The monoisotopic (exact) mass is 611 g/mol. The van der Waals surface area contributed by atoms with E-state index in [0.717, 1.165) is 10.8 Å². The smallest absolute Gasteiger partial charge is 0.295 e. The van der Waals surface area contributed by atoms with Gasteiger partial charge in [0.2, 0.25) is 0 Å². The number of benzene rings is 6. The van der Waals surface area contributed by atoms with Crippen molar-refractivity contribution in [1.82, 2.24) is 0 Å². The lowest BCUT2D eigenvalue weighted by molar-refractivity contribution is 0.481. The standard InChI is InChI=1S/C30H21N5O6S2/c31-25-11-12-26(20-6-2-1-5-19(20)25)32-35-29-14-13-27(22-10-9-18(17-24(22)29)42(36,37)38)33-34-28-15-16-30(43(39,40)41)23-8-4-3-7-21(23)28/h1-17H,31H2,(H,36,37,38)(H,39,40,41). The molecule has 0 unspecified atom stereocenters. The first kappa shape index (κ1) is 28.1. The van der Waals surface area contributed by atoms with Gasteiger partial charge < -0.3 is 5.73 Å². The molecule has 0 aliphatic heterocycles. The molecule has 0 aliphatic carbocycles. The van der Waals surface area contributed by atoms with E-state index in [1.807, 2.05) is 24.3 Å². The second kappa shape index (κ2) is 10.6. The van der Waals surface area contributed by atoms with Gasteiger partial charge in [-0.2, -0.15) is 16.8 Å². The van der Waals surface area contributed by atoms with Crippen LogP contribution in [0.15, 0.2) is 133 Å². The minimum Gasteiger partial charge on any atom is -0.398 e. The number of azo groups is 2. The predicted molar refractivity (Wildman–Crippen MR) is 164 cm³/mol. The summed E-state index contributed by atoms with van der Waals surface area (Å²) in [5.41, 5.74) is 8.23. The van der Waals surface area contributed by atoms with Crippen molar-refractivity contribution in [3.8, 4) is 0 Å². The highest BCUT2D eigenvalue weighted by atomic mass is 32.2. The highest BCUT2D eigenvalue weighted by Crippen LogP contribution is 2.39. The molecule has 0 aromatic heterocycles. The highest BCUT2D eigenvalue weighted by molar-refractivity contribution is 7.86. The normalized spacial score (nSPS) is 12.7. The van der Waals surface area contributed by atoms with Crippen molar-refractivity contribution >= 4 is 81.0 Å². The predicted octanol–water partition coefficient (Wildman–Crippen LogP) is 8.05.